The Kier molecular flexibility index (Phi) is 7.01. The molecule has 0 aliphatic heterocycles. The van der Waals surface area contributed by atoms with E-state index in [9.17, 15) is 9.90 Å². The van der Waals surface area contributed by atoms with Gasteiger partial charge in [0.1, 0.15) is 6.61 Å². The largest absolute Gasteiger partial charge is 0.461 e. The molecule has 0 saturated heterocycles. The van der Waals surface area contributed by atoms with E-state index in [2.05, 4.69) is 33.9 Å². The molecule has 4 heteroatoms. The highest BCUT2D eigenvalue weighted by molar-refractivity contribution is 6.81. The first-order chi connectivity index (χ1) is 12.6. The van der Waals surface area contributed by atoms with Gasteiger partial charge in [0.05, 0.1) is 19.7 Å². The summed E-state index contributed by atoms with van der Waals surface area (Å²) in [7, 11) is -2.14. The summed E-state index contributed by atoms with van der Waals surface area (Å²) in [5, 5.41) is 11.2. The Balaban J connectivity index is 2.21. The lowest BCUT2D eigenvalue weighted by atomic mass is 10.00. The Morgan fingerprint density at radius 1 is 0.963 bits per heavy atom. The van der Waals surface area contributed by atoms with Gasteiger partial charge in [0.15, 0.2) is 0 Å². The van der Waals surface area contributed by atoms with Gasteiger partial charge >= 0.3 is 5.97 Å². The van der Waals surface area contributed by atoms with Crippen molar-refractivity contribution in [3.05, 3.63) is 71.8 Å². The van der Waals surface area contributed by atoms with Crippen LogP contribution in [0.25, 0.3) is 0 Å². The molecule has 0 radical (unpaired) electrons. The average molecular weight is 385 g/mol. The van der Waals surface area contributed by atoms with Crippen molar-refractivity contribution in [3.8, 4) is 0 Å². The topological polar surface area (TPSA) is 46.5 Å². The van der Waals surface area contributed by atoms with Crippen LogP contribution in [0.4, 0.5) is 0 Å². The number of rotatable bonds is 7. The van der Waals surface area contributed by atoms with E-state index >= 15 is 0 Å². The van der Waals surface area contributed by atoms with Crippen LogP contribution in [0.2, 0.25) is 18.1 Å². The van der Waals surface area contributed by atoms with Gasteiger partial charge in [-0.15, -0.1) is 0 Å². The lowest BCUT2D eigenvalue weighted by Gasteiger charge is -2.43. The van der Waals surface area contributed by atoms with Gasteiger partial charge in [-0.05, 0) is 22.6 Å². The molecule has 0 aliphatic carbocycles. The van der Waals surface area contributed by atoms with Crippen molar-refractivity contribution in [1.29, 1.82) is 0 Å². The first kappa shape index (κ1) is 21.4. The van der Waals surface area contributed by atoms with Gasteiger partial charge in [0.2, 0.25) is 0 Å². The Labute approximate surface area is 164 Å². The Morgan fingerprint density at radius 3 is 1.93 bits per heavy atom. The minimum atomic E-state index is -2.14. The maximum absolute atomic E-state index is 13.0. The second-order valence-electron chi connectivity index (χ2n) is 8.81. The van der Waals surface area contributed by atoms with Gasteiger partial charge < -0.3 is 9.84 Å². The Bertz CT molecular complexity index is 720. The summed E-state index contributed by atoms with van der Waals surface area (Å²) in [4.78, 5) is 13.0. The molecule has 0 bridgehead atoms. The van der Waals surface area contributed by atoms with E-state index in [1.165, 1.54) is 0 Å². The fraction of sp³-hybridized carbons (Fsp3) is 0.435. The highest BCUT2D eigenvalue weighted by Gasteiger charge is 2.47. The summed E-state index contributed by atoms with van der Waals surface area (Å²) >= 11 is 0. The molecule has 0 aromatic heterocycles. The zero-order valence-corrected chi connectivity index (χ0v) is 18.1. The molecule has 146 valence electrons. The second-order valence-corrected chi connectivity index (χ2v) is 14.3. The third kappa shape index (κ3) is 5.53. The van der Waals surface area contributed by atoms with Gasteiger partial charge in [-0.2, -0.15) is 0 Å². The summed E-state index contributed by atoms with van der Waals surface area (Å²) in [6.07, 6.45) is 0.488. The molecule has 0 spiro atoms. The van der Waals surface area contributed by atoms with Gasteiger partial charge in [-0.3, -0.25) is 4.79 Å². The molecule has 2 rings (SSSR count). The van der Waals surface area contributed by atoms with Crippen molar-refractivity contribution >= 4 is 14.0 Å². The number of aliphatic hydroxyl groups is 1. The molecule has 0 heterocycles. The minimum Gasteiger partial charge on any atom is -0.461 e. The first-order valence-electron chi connectivity index (χ1n) is 9.55. The quantitative estimate of drug-likeness (QED) is 0.540. The maximum Gasteiger partial charge on any atom is 0.311 e. The molecule has 3 nitrogen and oxygen atoms in total. The van der Waals surface area contributed by atoms with Crippen LogP contribution >= 0.6 is 0 Å². The fourth-order valence-corrected chi connectivity index (χ4v) is 5.12. The number of hydrogen-bond acceptors (Lipinski definition) is 3. The van der Waals surface area contributed by atoms with Gasteiger partial charge in [0.25, 0.3) is 0 Å². The van der Waals surface area contributed by atoms with E-state index in [4.69, 9.17) is 4.74 Å². The highest BCUT2D eigenvalue weighted by Crippen LogP contribution is 2.40. The number of aliphatic hydroxyl groups excluding tert-OH is 1. The molecular formula is C23H32O3Si. The average Bonchev–Trinajstić information content (AvgIpc) is 2.64. The van der Waals surface area contributed by atoms with Crippen LogP contribution in [0, 0.1) is 5.92 Å². The van der Waals surface area contributed by atoms with Crippen LogP contribution in [0.1, 0.15) is 31.9 Å². The van der Waals surface area contributed by atoms with Gasteiger partial charge in [0, 0.05) is 0 Å². The van der Waals surface area contributed by atoms with E-state index in [1.807, 2.05) is 60.7 Å². The SMILES string of the molecule is CC(C)(C)[Si](C)(C)C(O)C(Cc1ccccc1)C(=O)OCc1ccccc1. The molecule has 1 N–H and O–H groups in total. The standard InChI is InChI=1S/C23H32O3Si/c1-23(2,3)27(4,5)22(25)20(16-18-12-8-6-9-13-18)21(24)26-17-19-14-10-7-11-15-19/h6-15,20,22,25H,16-17H2,1-5H3. The van der Waals surface area contributed by atoms with Crippen molar-refractivity contribution in [2.45, 2.75) is 57.7 Å². The summed E-state index contributed by atoms with van der Waals surface area (Å²) in [5.41, 5.74) is 1.31. The number of ether oxygens (including phenoxy) is 1. The number of hydrogen-bond donors (Lipinski definition) is 1. The zero-order chi connectivity index (χ0) is 20.1. The molecule has 0 fully saturated rings. The highest BCUT2D eigenvalue weighted by atomic mass is 28.3. The smallest absolute Gasteiger partial charge is 0.311 e. The molecule has 2 aromatic rings. The van der Waals surface area contributed by atoms with Crippen LogP contribution in [0.3, 0.4) is 0 Å². The van der Waals surface area contributed by atoms with Crippen molar-refractivity contribution in [1.82, 2.24) is 0 Å². The summed E-state index contributed by atoms with van der Waals surface area (Å²) in [6, 6.07) is 19.5. The van der Waals surface area contributed by atoms with Crippen molar-refractivity contribution < 1.29 is 14.6 Å². The van der Waals surface area contributed by atoms with Crippen LogP contribution in [-0.4, -0.2) is 24.9 Å². The van der Waals surface area contributed by atoms with Crippen LogP contribution < -0.4 is 0 Å². The Morgan fingerprint density at radius 2 is 1.44 bits per heavy atom. The third-order valence-corrected chi connectivity index (χ3v) is 11.6. The molecule has 0 amide bonds. The summed E-state index contributed by atoms with van der Waals surface area (Å²) < 4.78 is 5.61. The molecule has 0 saturated carbocycles. The molecule has 27 heavy (non-hydrogen) atoms. The molecular weight excluding hydrogens is 352 g/mol. The lowest BCUT2D eigenvalue weighted by Crippen LogP contribution is -2.55. The van der Waals surface area contributed by atoms with Crippen LogP contribution in [0.15, 0.2) is 60.7 Å². The normalized spacial score (nSPS) is 14.4. The minimum absolute atomic E-state index is 0.0267. The van der Waals surface area contributed by atoms with E-state index in [-0.39, 0.29) is 17.6 Å². The third-order valence-electron chi connectivity index (χ3n) is 5.88. The molecule has 2 aromatic carbocycles. The van der Waals surface area contributed by atoms with Gasteiger partial charge in [-0.1, -0.05) is 94.5 Å². The van der Waals surface area contributed by atoms with E-state index in [0.29, 0.717) is 6.42 Å². The number of carbonyl (C=O) groups excluding carboxylic acids is 1. The van der Waals surface area contributed by atoms with E-state index in [1.54, 1.807) is 0 Å². The van der Waals surface area contributed by atoms with Crippen LogP contribution in [-0.2, 0) is 22.6 Å². The molecule has 2 atom stereocenters. The predicted octanol–water partition coefficient (Wildman–Crippen LogP) is 5.00. The number of esters is 1. The van der Waals surface area contributed by atoms with Crippen molar-refractivity contribution in [2.75, 3.05) is 0 Å². The summed E-state index contributed by atoms with van der Waals surface area (Å²) in [5.74, 6) is -0.878. The van der Waals surface area contributed by atoms with E-state index in [0.717, 1.165) is 11.1 Å². The van der Waals surface area contributed by atoms with Crippen molar-refractivity contribution in [2.24, 2.45) is 5.92 Å². The number of benzene rings is 2. The fourth-order valence-electron chi connectivity index (χ4n) is 2.97. The predicted molar refractivity (Wildman–Crippen MR) is 113 cm³/mol. The summed E-state index contributed by atoms with van der Waals surface area (Å²) in [6.45, 7) is 11.0. The Hall–Kier alpha value is -1.91. The van der Waals surface area contributed by atoms with Crippen LogP contribution in [0.5, 0.6) is 0 Å². The molecule has 0 aliphatic rings. The van der Waals surface area contributed by atoms with Gasteiger partial charge in [-0.25, -0.2) is 0 Å². The molecule has 2 unspecified atom stereocenters. The lowest BCUT2D eigenvalue weighted by molar-refractivity contribution is -0.152. The zero-order valence-electron chi connectivity index (χ0n) is 17.1. The monoisotopic (exact) mass is 384 g/mol. The number of carbonyl (C=O) groups is 1. The second kappa shape index (κ2) is 8.85. The first-order valence-corrected chi connectivity index (χ1v) is 12.6. The maximum atomic E-state index is 13.0. The van der Waals surface area contributed by atoms with E-state index < -0.39 is 19.7 Å². The van der Waals surface area contributed by atoms with Crippen molar-refractivity contribution in [3.63, 3.8) is 0 Å².